The summed E-state index contributed by atoms with van der Waals surface area (Å²) >= 11 is 1.50. The summed E-state index contributed by atoms with van der Waals surface area (Å²) in [5.74, 6) is -0.711. The fourth-order valence-corrected chi connectivity index (χ4v) is 4.61. The highest BCUT2D eigenvalue weighted by molar-refractivity contribution is 7.98. The molecule has 2 rings (SSSR count). The SMILES string of the molecule is CCc1ccc(C(C)NC(=O)C(CCSC)NS(=O)(=O)c2ccccc2F)cc1. The molecule has 29 heavy (non-hydrogen) atoms. The third-order valence-electron chi connectivity index (χ3n) is 4.60. The van der Waals surface area contributed by atoms with Gasteiger partial charge in [0, 0.05) is 0 Å². The average Bonchev–Trinajstić information content (AvgIpc) is 2.71. The number of amides is 1. The Hall–Kier alpha value is -1.90. The minimum absolute atomic E-state index is 0.289. The van der Waals surface area contributed by atoms with Crippen molar-refractivity contribution >= 4 is 27.7 Å². The van der Waals surface area contributed by atoms with E-state index in [1.165, 1.54) is 35.5 Å². The van der Waals surface area contributed by atoms with Crippen molar-refractivity contribution in [3.8, 4) is 0 Å². The van der Waals surface area contributed by atoms with Crippen molar-refractivity contribution in [2.45, 2.75) is 43.7 Å². The van der Waals surface area contributed by atoms with Gasteiger partial charge in [-0.3, -0.25) is 4.79 Å². The van der Waals surface area contributed by atoms with E-state index >= 15 is 0 Å². The number of hydrogen-bond acceptors (Lipinski definition) is 4. The van der Waals surface area contributed by atoms with E-state index in [1.54, 1.807) is 0 Å². The molecular weight excluding hydrogens is 411 g/mol. The second-order valence-electron chi connectivity index (χ2n) is 6.71. The van der Waals surface area contributed by atoms with E-state index in [-0.39, 0.29) is 6.04 Å². The number of sulfonamides is 1. The normalized spacial score (nSPS) is 13.7. The van der Waals surface area contributed by atoms with Crippen molar-refractivity contribution < 1.29 is 17.6 Å². The van der Waals surface area contributed by atoms with Crippen LogP contribution in [0.25, 0.3) is 0 Å². The molecule has 2 N–H and O–H groups in total. The Labute approximate surface area is 176 Å². The van der Waals surface area contributed by atoms with Crippen molar-refractivity contribution in [2.24, 2.45) is 0 Å². The van der Waals surface area contributed by atoms with E-state index in [0.717, 1.165) is 18.1 Å². The lowest BCUT2D eigenvalue weighted by Crippen LogP contribution is -2.47. The van der Waals surface area contributed by atoms with Gasteiger partial charge in [0.05, 0.1) is 6.04 Å². The highest BCUT2D eigenvalue weighted by Gasteiger charge is 2.28. The van der Waals surface area contributed by atoms with Gasteiger partial charge in [-0.25, -0.2) is 12.8 Å². The molecule has 5 nitrogen and oxygen atoms in total. The first-order valence-corrected chi connectivity index (χ1v) is 12.3. The van der Waals surface area contributed by atoms with Crippen LogP contribution in [0.5, 0.6) is 0 Å². The van der Waals surface area contributed by atoms with Gasteiger partial charge >= 0.3 is 0 Å². The molecule has 1 amide bonds. The molecule has 2 unspecified atom stereocenters. The van der Waals surface area contributed by atoms with Crippen LogP contribution in [-0.2, 0) is 21.2 Å². The predicted molar refractivity (Wildman–Crippen MR) is 116 cm³/mol. The highest BCUT2D eigenvalue weighted by atomic mass is 32.2. The lowest BCUT2D eigenvalue weighted by Gasteiger charge is -2.22. The van der Waals surface area contributed by atoms with Gasteiger partial charge < -0.3 is 5.32 Å². The Morgan fingerprint density at radius 2 is 1.79 bits per heavy atom. The van der Waals surface area contributed by atoms with Crippen LogP contribution in [0, 0.1) is 5.82 Å². The van der Waals surface area contributed by atoms with Gasteiger partial charge in [0.15, 0.2) is 0 Å². The Balaban J connectivity index is 2.15. The molecule has 8 heteroatoms. The highest BCUT2D eigenvalue weighted by Crippen LogP contribution is 2.17. The van der Waals surface area contributed by atoms with E-state index in [0.29, 0.717) is 12.2 Å². The molecule has 2 aromatic rings. The number of halogens is 1. The van der Waals surface area contributed by atoms with Gasteiger partial charge in [0.1, 0.15) is 16.8 Å². The Bertz CT molecular complexity index is 918. The molecule has 0 heterocycles. The molecule has 158 valence electrons. The molecule has 2 aromatic carbocycles. The van der Waals surface area contributed by atoms with Crippen molar-refractivity contribution in [3.05, 3.63) is 65.5 Å². The second kappa shape index (κ2) is 10.8. The van der Waals surface area contributed by atoms with Crippen LogP contribution in [0.3, 0.4) is 0 Å². The standard InChI is InChI=1S/C21H27FN2O3S2/c1-4-16-9-11-17(12-10-16)15(2)23-21(25)19(13-14-28-3)24-29(26,27)20-8-6-5-7-18(20)22/h5-12,15,19,24H,4,13-14H2,1-3H3,(H,23,25). The molecule has 0 spiro atoms. The summed E-state index contributed by atoms with van der Waals surface area (Å²) in [6.45, 7) is 3.91. The molecule has 0 aliphatic rings. The van der Waals surface area contributed by atoms with E-state index < -0.39 is 32.7 Å². The monoisotopic (exact) mass is 438 g/mol. The minimum Gasteiger partial charge on any atom is -0.348 e. The van der Waals surface area contributed by atoms with E-state index in [1.807, 2.05) is 37.4 Å². The summed E-state index contributed by atoms with van der Waals surface area (Å²) in [6, 6.07) is 11.7. The van der Waals surface area contributed by atoms with Crippen LogP contribution < -0.4 is 10.0 Å². The lowest BCUT2D eigenvalue weighted by atomic mass is 10.0. The molecule has 0 aromatic heterocycles. The number of hydrogen-bond donors (Lipinski definition) is 2. The summed E-state index contributed by atoms with van der Waals surface area (Å²) in [7, 11) is -4.17. The van der Waals surface area contributed by atoms with Gasteiger partial charge in [-0.15, -0.1) is 0 Å². The van der Waals surface area contributed by atoms with Gasteiger partial charge in [-0.1, -0.05) is 43.3 Å². The van der Waals surface area contributed by atoms with Crippen LogP contribution in [0.1, 0.15) is 37.4 Å². The molecule has 0 aliphatic carbocycles. The van der Waals surface area contributed by atoms with Crippen molar-refractivity contribution in [1.29, 1.82) is 0 Å². The molecule has 0 saturated carbocycles. The van der Waals surface area contributed by atoms with Gasteiger partial charge in [0.2, 0.25) is 15.9 Å². The summed E-state index contributed by atoms with van der Waals surface area (Å²) < 4.78 is 41.6. The van der Waals surface area contributed by atoms with Crippen molar-refractivity contribution in [3.63, 3.8) is 0 Å². The number of rotatable bonds is 10. The zero-order valence-electron chi connectivity index (χ0n) is 16.8. The van der Waals surface area contributed by atoms with Crippen LogP contribution in [0.2, 0.25) is 0 Å². The molecule has 0 bridgehead atoms. The van der Waals surface area contributed by atoms with Gasteiger partial charge in [0.25, 0.3) is 0 Å². The Morgan fingerprint density at radius 3 is 2.38 bits per heavy atom. The van der Waals surface area contributed by atoms with Crippen LogP contribution in [-0.4, -0.2) is 32.4 Å². The van der Waals surface area contributed by atoms with Crippen molar-refractivity contribution in [1.82, 2.24) is 10.0 Å². The van der Waals surface area contributed by atoms with Crippen molar-refractivity contribution in [2.75, 3.05) is 12.0 Å². The van der Waals surface area contributed by atoms with Crippen LogP contribution in [0.15, 0.2) is 53.4 Å². The quantitative estimate of drug-likeness (QED) is 0.594. The maximum Gasteiger partial charge on any atom is 0.244 e. The van der Waals surface area contributed by atoms with Crippen LogP contribution >= 0.6 is 11.8 Å². The molecule has 0 fully saturated rings. The topological polar surface area (TPSA) is 75.3 Å². The van der Waals surface area contributed by atoms with Gasteiger partial charge in [-0.2, -0.15) is 16.5 Å². The average molecular weight is 439 g/mol. The largest absolute Gasteiger partial charge is 0.348 e. The molecule has 0 radical (unpaired) electrons. The molecule has 0 aliphatic heterocycles. The van der Waals surface area contributed by atoms with E-state index in [4.69, 9.17) is 0 Å². The van der Waals surface area contributed by atoms with Crippen LogP contribution in [0.4, 0.5) is 4.39 Å². The lowest BCUT2D eigenvalue weighted by molar-refractivity contribution is -0.123. The first-order valence-electron chi connectivity index (χ1n) is 9.43. The Morgan fingerprint density at radius 1 is 1.14 bits per heavy atom. The second-order valence-corrected chi connectivity index (χ2v) is 9.38. The molecule has 2 atom stereocenters. The smallest absolute Gasteiger partial charge is 0.244 e. The number of thioether (sulfide) groups is 1. The summed E-state index contributed by atoms with van der Waals surface area (Å²) in [5.41, 5.74) is 2.12. The zero-order chi connectivity index (χ0) is 21.4. The van der Waals surface area contributed by atoms with E-state index in [2.05, 4.69) is 17.0 Å². The first-order chi connectivity index (χ1) is 13.8. The number of carbonyl (C=O) groups excluding carboxylic acids is 1. The number of aryl methyl sites for hydroxylation is 1. The fraction of sp³-hybridized carbons (Fsp3) is 0.381. The number of benzene rings is 2. The first kappa shape index (κ1) is 23.4. The molecular formula is C21H27FN2O3S2. The fourth-order valence-electron chi connectivity index (χ4n) is 2.83. The predicted octanol–water partition coefficient (Wildman–Crippen LogP) is 3.67. The Kier molecular flexibility index (Phi) is 8.67. The number of carbonyl (C=O) groups is 1. The summed E-state index contributed by atoms with van der Waals surface area (Å²) in [5, 5.41) is 2.86. The maximum atomic E-state index is 14.0. The summed E-state index contributed by atoms with van der Waals surface area (Å²) in [4.78, 5) is 12.3. The zero-order valence-corrected chi connectivity index (χ0v) is 18.4. The molecule has 0 saturated heterocycles. The van der Waals surface area contributed by atoms with Gasteiger partial charge in [-0.05, 0) is 55.0 Å². The third kappa shape index (κ3) is 6.55. The minimum atomic E-state index is -4.17. The maximum absolute atomic E-state index is 14.0. The number of nitrogens with one attached hydrogen (secondary N) is 2. The van der Waals surface area contributed by atoms with E-state index in [9.17, 15) is 17.6 Å². The third-order valence-corrected chi connectivity index (χ3v) is 6.75. The summed E-state index contributed by atoms with van der Waals surface area (Å²) in [6.07, 6.45) is 3.09.